The van der Waals surface area contributed by atoms with Crippen molar-refractivity contribution in [1.29, 1.82) is 0 Å². The van der Waals surface area contributed by atoms with Gasteiger partial charge in [-0.15, -0.1) is 0 Å². The smallest absolute Gasteiger partial charge is 0.241 e. The second-order valence-electron chi connectivity index (χ2n) is 3.90. The summed E-state index contributed by atoms with van der Waals surface area (Å²) in [7, 11) is -3.67. The van der Waals surface area contributed by atoms with Gasteiger partial charge in [-0.05, 0) is 30.4 Å². The Morgan fingerprint density at radius 2 is 2.18 bits per heavy atom. The molecule has 0 aliphatic carbocycles. The van der Waals surface area contributed by atoms with E-state index < -0.39 is 15.8 Å². The van der Waals surface area contributed by atoms with Gasteiger partial charge in [-0.1, -0.05) is 0 Å². The van der Waals surface area contributed by atoms with E-state index in [0.29, 0.717) is 0 Å². The van der Waals surface area contributed by atoms with Gasteiger partial charge in [0.1, 0.15) is 5.82 Å². The number of nitrogen functional groups attached to an aromatic ring is 1. The Bertz CT molecular complexity index is 493. The predicted molar refractivity (Wildman–Crippen MR) is 66.9 cm³/mol. The number of rotatable bonds is 3. The first-order valence-electron chi connectivity index (χ1n) is 5.13. The predicted octanol–water partition coefficient (Wildman–Crippen LogP) is 1.19. The Labute approximate surface area is 104 Å². The van der Waals surface area contributed by atoms with Crippen LogP contribution in [0, 0.1) is 5.82 Å². The van der Waals surface area contributed by atoms with Crippen molar-refractivity contribution in [2.45, 2.75) is 17.4 Å². The highest BCUT2D eigenvalue weighted by atomic mass is 32.2. The molecule has 17 heavy (non-hydrogen) atoms. The maximum absolute atomic E-state index is 13.1. The molecule has 0 saturated carbocycles. The molecule has 1 heterocycles. The number of hydrogen-bond acceptors (Lipinski definition) is 4. The van der Waals surface area contributed by atoms with Gasteiger partial charge in [0.15, 0.2) is 0 Å². The van der Waals surface area contributed by atoms with Crippen LogP contribution in [-0.4, -0.2) is 26.0 Å². The molecule has 1 aromatic rings. The molecule has 1 aromatic carbocycles. The molecule has 0 bridgehead atoms. The lowest BCUT2D eigenvalue weighted by atomic mass is 10.3. The molecule has 0 radical (unpaired) electrons. The fraction of sp³-hybridized carbons (Fsp3) is 0.400. The van der Waals surface area contributed by atoms with Crippen LogP contribution < -0.4 is 10.5 Å². The number of hydrogen-bond donors (Lipinski definition) is 2. The molecule has 1 unspecified atom stereocenters. The molecule has 1 aliphatic rings. The molecule has 0 amide bonds. The first kappa shape index (κ1) is 12.7. The zero-order chi connectivity index (χ0) is 12.5. The lowest BCUT2D eigenvalue weighted by Gasteiger charge is -2.12. The maximum Gasteiger partial charge on any atom is 0.241 e. The van der Waals surface area contributed by atoms with Crippen molar-refractivity contribution in [3.05, 3.63) is 24.0 Å². The van der Waals surface area contributed by atoms with Crippen molar-refractivity contribution in [1.82, 2.24) is 4.72 Å². The summed E-state index contributed by atoms with van der Waals surface area (Å²) in [6.45, 7) is 0. The topological polar surface area (TPSA) is 72.2 Å². The number of benzene rings is 1. The van der Waals surface area contributed by atoms with E-state index in [1.54, 1.807) is 11.8 Å². The van der Waals surface area contributed by atoms with Crippen molar-refractivity contribution in [3.63, 3.8) is 0 Å². The first-order chi connectivity index (χ1) is 7.97. The van der Waals surface area contributed by atoms with E-state index in [9.17, 15) is 12.8 Å². The van der Waals surface area contributed by atoms with Crippen LogP contribution in [0.5, 0.6) is 0 Å². The molecule has 0 spiro atoms. The number of thioether (sulfide) groups is 1. The zero-order valence-corrected chi connectivity index (χ0v) is 10.7. The van der Waals surface area contributed by atoms with Gasteiger partial charge in [-0.3, -0.25) is 0 Å². The second-order valence-corrected chi connectivity index (χ2v) is 6.77. The normalized spacial score (nSPS) is 20.6. The van der Waals surface area contributed by atoms with E-state index in [0.717, 1.165) is 30.1 Å². The summed E-state index contributed by atoms with van der Waals surface area (Å²) >= 11 is 1.70. The molecule has 1 aliphatic heterocycles. The Balaban J connectivity index is 2.24. The van der Waals surface area contributed by atoms with Gasteiger partial charge in [-0.25, -0.2) is 17.5 Å². The van der Waals surface area contributed by atoms with Crippen LogP contribution in [0.2, 0.25) is 0 Å². The minimum atomic E-state index is -3.67. The molecule has 0 aromatic heterocycles. The summed E-state index contributed by atoms with van der Waals surface area (Å²) in [4.78, 5) is -0.119. The number of sulfonamides is 1. The maximum atomic E-state index is 13.1. The second kappa shape index (κ2) is 4.83. The van der Waals surface area contributed by atoms with Gasteiger partial charge in [-0.2, -0.15) is 11.8 Å². The molecule has 94 valence electrons. The average Bonchev–Trinajstić information content (AvgIpc) is 2.68. The van der Waals surface area contributed by atoms with E-state index in [1.165, 1.54) is 6.07 Å². The molecular formula is C10H13FN2O2S2. The fourth-order valence-electron chi connectivity index (χ4n) is 1.65. The third kappa shape index (κ3) is 3.11. The molecule has 2 rings (SSSR count). The van der Waals surface area contributed by atoms with E-state index in [1.807, 2.05) is 0 Å². The summed E-state index contributed by atoms with van der Waals surface area (Å²) in [6.07, 6.45) is 0.800. The van der Waals surface area contributed by atoms with E-state index in [2.05, 4.69) is 4.72 Å². The van der Waals surface area contributed by atoms with Crippen LogP contribution in [-0.2, 0) is 10.0 Å². The number of nitrogens with two attached hydrogens (primary N) is 1. The minimum Gasteiger partial charge on any atom is -0.399 e. The van der Waals surface area contributed by atoms with Gasteiger partial charge in [0.2, 0.25) is 10.0 Å². The summed E-state index contributed by atoms with van der Waals surface area (Å²) in [5, 5.41) is 0. The van der Waals surface area contributed by atoms with Crippen LogP contribution in [0.25, 0.3) is 0 Å². The average molecular weight is 276 g/mol. The van der Waals surface area contributed by atoms with E-state index in [4.69, 9.17) is 5.73 Å². The van der Waals surface area contributed by atoms with Crippen molar-refractivity contribution >= 4 is 27.5 Å². The van der Waals surface area contributed by atoms with Crippen molar-refractivity contribution in [2.75, 3.05) is 17.2 Å². The highest BCUT2D eigenvalue weighted by Crippen LogP contribution is 2.21. The Morgan fingerprint density at radius 3 is 2.76 bits per heavy atom. The monoisotopic (exact) mass is 276 g/mol. The number of anilines is 1. The molecule has 1 saturated heterocycles. The third-order valence-electron chi connectivity index (χ3n) is 2.46. The molecule has 1 atom stereocenters. The zero-order valence-electron chi connectivity index (χ0n) is 9.02. The van der Waals surface area contributed by atoms with E-state index in [-0.39, 0.29) is 16.6 Å². The Kier molecular flexibility index (Phi) is 3.60. The third-order valence-corrected chi connectivity index (χ3v) is 5.12. The van der Waals surface area contributed by atoms with Gasteiger partial charge < -0.3 is 5.73 Å². The van der Waals surface area contributed by atoms with E-state index >= 15 is 0 Å². The van der Waals surface area contributed by atoms with Crippen LogP contribution in [0.15, 0.2) is 23.1 Å². The lowest BCUT2D eigenvalue weighted by molar-refractivity contribution is 0.560. The van der Waals surface area contributed by atoms with Gasteiger partial charge >= 0.3 is 0 Å². The minimum absolute atomic E-state index is 0.0745. The fourth-order valence-corrected chi connectivity index (χ4v) is 4.25. The SMILES string of the molecule is Nc1cc(F)cc(S(=O)(=O)NC2CCSC2)c1. The van der Waals surface area contributed by atoms with Gasteiger partial charge in [0, 0.05) is 17.5 Å². The van der Waals surface area contributed by atoms with Crippen LogP contribution >= 0.6 is 11.8 Å². The highest BCUT2D eigenvalue weighted by Gasteiger charge is 2.23. The summed E-state index contributed by atoms with van der Waals surface area (Å²) in [5.41, 5.74) is 5.53. The summed E-state index contributed by atoms with van der Waals surface area (Å²) < 4.78 is 39.6. The molecule has 4 nitrogen and oxygen atoms in total. The molecule has 7 heteroatoms. The molecular weight excluding hydrogens is 263 g/mol. The molecule has 3 N–H and O–H groups in total. The van der Waals surface area contributed by atoms with Crippen molar-refractivity contribution in [3.8, 4) is 0 Å². The lowest BCUT2D eigenvalue weighted by Crippen LogP contribution is -2.34. The summed E-state index contributed by atoms with van der Waals surface area (Å²) in [6, 6.07) is 3.24. The Hall–Kier alpha value is -0.790. The summed E-state index contributed by atoms with van der Waals surface area (Å²) in [5.74, 6) is 1.05. The van der Waals surface area contributed by atoms with Gasteiger partial charge in [0.05, 0.1) is 4.90 Å². The number of nitrogens with one attached hydrogen (secondary N) is 1. The molecule has 1 fully saturated rings. The van der Waals surface area contributed by atoms with Crippen LogP contribution in [0.3, 0.4) is 0 Å². The number of halogens is 1. The largest absolute Gasteiger partial charge is 0.399 e. The van der Waals surface area contributed by atoms with Crippen LogP contribution in [0.1, 0.15) is 6.42 Å². The highest BCUT2D eigenvalue weighted by molar-refractivity contribution is 7.99. The van der Waals surface area contributed by atoms with Crippen molar-refractivity contribution < 1.29 is 12.8 Å². The van der Waals surface area contributed by atoms with Crippen LogP contribution in [0.4, 0.5) is 10.1 Å². The standard InChI is InChI=1S/C10H13FN2O2S2/c11-7-3-8(12)5-10(4-7)17(14,15)13-9-1-2-16-6-9/h3-5,9,13H,1-2,6,12H2. The van der Waals surface area contributed by atoms with Crippen molar-refractivity contribution in [2.24, 2.45) is 0 Å². The van der Waals surface area contributed by atoms with Gasteiger partial charge in [0.25, 0.3) is 0 Å². The quantitative estimate of drug-likeness (QED) is 0.814. The first-order valence-corrected chi connectivity index (χ1v) is 7.77. The Morgan fingerprint density at radius 1 is 1.41 bits per heavy atom.